The quantitative estimate of drug-likeness (QED) is 0.490. The third-order valence-electron chi connectivity index (χ3n) is 6.50. The maximum Gasteiger partial charge on any atom is 0.235 e. The highest BCUT2D eigenvalue weighted by atomic mass is 16.5. The van der Waals surface area contributed by atoms with E-state index >= 15 is 0 Å². The number of fused-ring (bicyclic) bond motifs is 1. The molecule has 0 saturated heterocycles. The Morgan fingerprint density at radius 3 is 2.30 bits per heavy atom. The van der Waals surface area contributed by atoms with Crippen LogP contribution in [0.2, 0.25) is 0 Å². The van der Waals surface area contributed by atoms with Gasteiger partial charge >= 0.3 is 0 Å². The van der Waals surface area contributed by atoms with Gasteiger partial charge in [-0.3, -0.25) is 4.79 Å². The first-order chi connectivity index (χ1) is 14.6. The second kappa shape index (κ2) is 8.91. The molecule has 1 N–H and O–H groups in total. The van der Waals surface area contributed by atoms with Crippen LogP contribution in [0.25, 0.3) is 10.8 Å². The number of ether oxygens (including phenoxy) is 1. The fourth-order valence-corrected chi connectivity index (χ4v) is 4.58. The highest BCUT2D eigenvalue weighted by Crippen LogP contribution is 2.41. The van der Waals surface area contributed by atoms with E-state index in [4.69, 9.17) is 4.74 Å². The number of benzene rings is 3. The summed E-state index contributed by atoms with van der Waals surface area (Å²) in [5.74, 6) is 0.975. The van der Waals surface area contributed by atoms with E-state index in [1.165, 1.54) is 6.42 Å². The van der Waals surface area contributed by atoms with E-state index in [2.05, 4.69) is 43.4 Å². The summed E-state index contributed by atoms with van der Waals surface area (Å²) in [6.07, 6.45) is 6.28. The molecular formula is C27H31NO2. The van der Waals surface area contributed by atoms with Crippen molar-refractivity contribution in [1.29, 1.82) is 0 Å². The molecule has 3 aromatic rings. The number of carbonyl (C=O) groups excluding carboxylic acids is 1. The third-order valence-corrected chi connectivity index (χ3v) is 6.50. The van der Waals surface area contributed by atoms with E-state index in [1.807, 2.05) is 42.5 Å². The number of nitrogens with one attached hydrogen (secondary N) is 1. The van der Waals surface area contributed by atoms with Crippen molar-refractivity contribution in [2.24, 2.45) is 0 Å². The van der Waals surface area contributed by atoms with E-state index in [0.717, 1.165) is 59.9 Å². The van der Waals surface area contributed by atoms with E-state index in [1.54, 1.807) is 0 Å². The molecule has 30 heavy (non-hydrogen) atoms. The number of hydrogen-bond donors (Lipinski definition) is 1. The van der Waals surface area contributed by atoms with Crippen LogP contribution in [0, 0.1) is 0 Å². The zero-order valence-corrected chi connectivity index (χ0v) is 18.0. The maximum absolute atomic E-state index is 13.7. The minimum atomic E-state index is -0.452. The molecule has 1 amide bonds. The minimum Gasteiger partial charge on any atom is -0.490 e. The van der Waals surface area contributed by atoms with Gasteiger partial charge in [0.25, 0.3) is 0 Å². The summed E-state index contributed by atoms with van der Waals surface area (Å²) in [4.78, 5) is 13.7. The number of anilines is 1. The molecule has 156 valence electrons. The van der Waals surface area contributed by atoms with Gasteiger partial charge in [0.2, 0.25) is 5.91 Å². The molecule has 1 saturated carbocycles. The molecule has 1 fully saturated rings. The topological polar surface area (TPSA) is 38.3 Å². The average molecular weight is 402 g/mol. The molecule has 0 unspecified atom stereocenters. The van der Waals surface area contributed by atoms with Gasteiger partial charge in [0, 0.05) is 16.5 Å². The van der Waals surface area contributed by atoms with Crippen molar-refractivity contribution in [2.75, 3.05) is 5.32 Å². The lowest BCUT2D eigenvalue weighted by atomic mass is 9.68. The van der Waals surface area contributed by atoms with Gasteiger partial charge in [0.1, 0.15) is 5.75 Å². The largest absolute Gasteiger partial charge is 0.490 e. The van der Waals surface area contributed by atoms with Gasteiger partial charge in [0.15, 0.2) is 0 Å². The molecule has 1 aliphatic rings. The van der Waals surface area contributed by atoms with Crippen molar-refractivity contribution in [1.82, 2.24) is 0 Å². The summed E-state index contributed by atoms with van der Waals surface area (Å²) in [7, 11) is 0. The molecule has 0 spiro atoms. The van der Waals surface area contributed by atoms with Crippen molar-refractivity contribution in [3.8, 4) is 5.75 Å². The minimum absolute atomic E-state index is 0.106. The number of carbonyl (C=O) groups is 1. The summed E-state index contributed by atoms with van der Waals surface area (Å²) in [6, 6.07) is 22.4. The molecule has 0 heterocycles. The van der Waals surface area contributed by atoms with Crippen molar-refractivity contribution in [3.05, 3.63) is 72.3 Å². The van der Waals surface area contributed by atoms with E-state index in [0.29, 0.717) is 0 Å². The fraction of sp³-hybridized carbons (Fsp3) is 0.370. The van der Waals surface area contributed by atoms with E-state index < -0.39 is 5.41 Å². The van der Waals surface area contributed by atoms with Gasteiger partial charge in [-0.2, -0.15) is 0 Å². The average Bonchev–Trinajstić information content (AvgIpc) is 2.81. The van der Waals surface area contributed by atoms with Crippen LogP contribution in [-0.4, -0.2) is 12.0 Å². The molecule has 0 radical (unpaired) electrons. The molecular weight excluding hydrogens is 370 g/mol. The number of amides is 1. The predicted octanol–water partition coefficient (Wildman–Crippen LogP) is 6.86. The lowest BCUT2D eigenvalue weighted by molar-refractivity contribution is -0.122. The Kier molecular flexibility index (Phi) is 6.08. The standard InChI is InChI=1S/C27H31NO2/c1-3-20(2)30-25-17-16-24(22-14-8-9-15-23(22)25)28-26(29)27(18-10-5-11-19-27)21-12-6-4-7-13-21/h4,6-9,12-17,20H,3,5,10-11,18-19H2,1-2H3,(H,28,29)/t20-/m0/s1. The molecule has 3 heteroatoms. The Morgan fingerprint density at radius 2 is 1.60 bits per heavy atom. The third kappa shape index (κ3) is 3.94. The van der Waals surface area contributed by atoms with E-state index in [9.17, 15) is 4.79 Å². The van der Waals surface area contributed by atoms with Crippen LogP contribution in [0.3, 0.4) is 0 Å². The van der Waals surface area contributed by atoms with Crippen LogP contribution in [0.5, 0.6) is 5.75 Å². The SMILES string of the molecule is CC[C@H](C)Oc1ccc(NC(=O)C2(c3ccccc3)CCCCC2)c2ccccc12. The molecule has 1 aliphatic carbocycles. The van der Waals surface area contributed by atoms with Gasteiger partial charge < -0.3 is 10.1 Å². The second-order valence-corrected chi connectivity index (χ2v) is 8.46. The number of rotatable bonds is 6. The Hall–Kier alpha value is -2.81. The molecule has 1 atom stereocenters. The lowest BCUT2D eigenvalue weighted by Crippen LogP contribution is -2.42. The summed E-state index contributed by atoms with van der Waals surface area (Å²) in [6.45, 7) is 4.20. The monoisotopic (exact) mass is 401 g/mol. The van der Waals surface area contributed by atoms with Gasteiger partial charge in [-0.25, -0.2) is 0 Å². The van der Waals surface area contributed by atoms with Crippen LogP contribution >= 0.6 is 0 Å². The molecule has 3 aromatic carbocycles. The van der Waals surface area contributed by atoms with Crippen LogP contribution in [-0.2, 0) is 10.2 Å². The Balaban J connectivity index is 1.69. The fourth-order valence-electron chi connectivity index (χ4n) is 4.58. The second-order valence-electron chi connectivity index (χ2n) is 8.46. The molecule has 3 nitrogen and oxygen atoms in total. The summed E-state index contributed by atoms with van der Waals surface area (Å²) in [5.41, 5.74) is 1.53. The normalized spacial score (nSPS) is 16.7. The zero-order valence-electron chi connectivity index (χ0n) is 18.0. The summed E-state index contributed by atoms with van der Waals surface area (Å²) in [5, 5.41) is 5.35. The first-order valence-corrected chi connectivity index (χ1v) is 11.2. The zero-order chi connectivity index (χ0) is 21.0. The first kappa shape index (κ1) is 20.5. The van der Waals surface area contributed by atoms with Gasteiger partial charge in [-0.1, -0.05) is 80.8 Å². The smallest absolute Gasteiger partial charge is 0.235 e. The van der Waals surface area contributed by atoms with Gasteiger partial charge in [0.05, 0.1) is 11.5 Å². The molecule has 0 aliphatic heterocycles. The van der Waals surface area contributed by atoms with E-state index in [-0.39, 0.29) is 12.0 Å². The predicted molar refractivity (Wildman–Crippen MR) is 124 cm³/mol. The van der Waals surface area contributed by atoms with Crippen molar-refractivity contribution in [3.63, 3.8) is 0 Å². The Bertz CT molecular complexity index is 1010. The summed E-state index contributed by atoms with van der Waals surface area (Å²) >= 11 is 0. The lowest BCUT2D eigenvalue weighted by Gasteiger charge is -2.36. The van der Waals surface area contributed by atoms with Crippen LogP contribution < -0.4 is 10.1 Å². The summed E-state index contributed by atoms with van der Waals surface area (Å²) < 4.78 is 6.13. The Labute approximate surface area is 179 Å². The van der Waals surface area contributed by atoms with Crippen LogP contribution in [0.4, 0.5) is 5.69 Å². The van der Waals surface area contributed by atoms with Gasteiger partial charge in [-0.05, 0) is 43.9 Å². The Morgan fingerprint density at radius 1 is 0.933 bits per heavy atom. The first-order valence-electron chi connectivity index (χ1n) is 11.2. The number of hydrogen-bond acceptors (Lipinski definition) is 2. The molecule has 0 bridgehead atoms. The van der Waals surface area contributed by atoms with Crippen LogP contribution in [0.15, 0.2) is 66.7 Å². The van der Waals surface area contributed by atoms with Crippen LogP contribution in [0.1, 0.15) is 57.9 Å². The highest BCUT2D eigenvalue weighted by Gasteiger charge is 2.41. The maximum atomic E-state index is 13.7. The molecule has 4 rings (SSSR count). The van der Waals surface area contributed by atoms with Crippen molar-refractivity contribution in [2.45, 2.75) is 63.9 Å². The van der Waals surface area contributed by atoms with Crippen molar-refractivity contribution < 1.29 is 9.53 Å². The van der Waals surface area contributed by atoms with Crippen molar-refractivity contribution >= 4 is 22.4 Å². The van der Waals surface area contributed by atoms with Gasteiger partial charge in [-0.15, -0.1) is 0 Å². The molecule has 0 aromatic heterocycles. The highest BCUT2D eigenvalue weighted by molar-refractivity contribution is 6.07.